The van der Waals surface area contributed by atoms with Gasteiger partial charge in [0.15, 0.2) is 5.76 Å². The zero-order valence-electron chi connectivity index (χ0n) is 5.92. The second kappa shape index (κ2) is 5.11. The van der Waals surface area contributed by atoms with Crippen LogP contribution in [0.2, 0.25) is 0 Å². The molecule has 0 aromatic carbocycles. The van der Waals surface area contributed by atoms with E-state index in [9.17, 15) is 4.79 Å². The second-order valence-electron chi connectivity index (χ2n) is 1.43. The molecular weight excluding hydrogens is 148 g/mol. The predicted molar refractivity (Wildman–Crippen MR) is 43.6 cm³/mol. The monoisotopic (exact) mass is 158 g/mol. The number of hydrogen-bond donors (Lipinski definition) is 0. The molecule has 0 atom stereocenters. The Bertz CT molecular complexity index is 152. The van der Waals surface area contributed by atoms with Gasteiger partial charge in [-0.15, -0.1) is 0 Å². The summed E-state index contributed by atoms with van der Waals surface area (Å²) in [4.78, 5) is 10.8. The molecule has 0 heterocycles. The van der Waals surface area contributed by atoms with E-state index in [4.69, 9.17) is 0 Å². The van der Waals surface area contributed by atoms with Crippen LogP contribution in [0.25, 0.3) is 0 Å². The normalized spacial score (nSPS) is 8.50. The molecule has 0 saturated heterocycles. The zero-order chi connectivity index (χ0) is 7.98. The van der Waals surface area contributed by atoms with Gasteiger partial charge in [0.2, 0.25) is 0 Å². The fourth-order valence-electron chi connectivity index (χ4n) is 0.360. The van der Waals surface area contributed by atoms with Crippen molar-refractivity contribution in [2.75, 3.05) is 5.75 Å². The van der Waals surface area contributed by atoms with Crippen LogP contribution in [-0.2, 0) is 9.53 Å². The Morgan fingerprint density at radius 3 is 2.80 bits per heavy atom. The lowest BCUT2D eigenvalue weighted by Gasteiger charge is -1.99. The molecule has 3 heteroatoms. The molecule has 0 aliphatic rings. The van der Waals surface area contributed by atoms with Gasteiger partial charge >= 0.3 is 0 Å². The molecule has 2 nitrogen and oxygen atoms in total. The van der Waals surface area contributed by atoms with Crippen LogP contribution in [0.4, 0.5) is 0 Å². The average Bonchev–Trinajstić information content (AvgIpc) is 1.89. The van der Waals surface area contributed by atoms with E-state index in [-0.39, 0.29) is 10.9 Å². The van der Waals surface area contributed by atoms with Crippen molar-refractivity contribution in [2.45, 2.75) is 6.92 Å². The lowest BCUT2D eigenvalue weighted by molar-refractivity contribution is -0.110. The Morgan fingerprint density at radius 2 is 2.40 bits per heavy atom. The first-order chi connectivity index (χ1) is 4.72. The van der Waals surface area contributed by atoms with Crippen LogP contribution in [0.1, 0.15) is 6.92 Å². The number of ether oxygens (including phenoxy) is 1. The molecule has 0 spiro atoms. The zero-order valence-corrected chi connectivity index (χ0v) is 6.74. The van der Waals surface area contributed by atoms with Crippen molar-refractivity contribution in [2.24, 2.45) is 0 Å². The maximum Gasteiger partial charge on any atom is 0.253 e. The van der Waals surface area contributed by atoms with Crippen molar-refractivity contribution in [3.63, 3.8) is 0 Å². The molecule has 56 valence electrons. The van der Waals surface area contributed by atoms with Crippen LogP contribution in [-0.4, -0.2) is 10.9 Å². The Labute approximate surface area is 64.9 Å². The van der Waals surface area contributed by atoms with E-state index in [0.29, 0.717) is 0 Å². The van der Waals surface area contributed by atoms with Crippen molar-refractivity contribution < 1.29 is 9.53 Å². The van der Waals surface area contributed by atoms with E-state index in [2.05, 4.69) is 17.9 Å². The van der Waals surface area contributed by atoms with E-state index in [1.165, 1.54) is 18.0 Å². The van der Waals surface area contributed by atoms with Gasteiger partial charge in [0.1, 0.15) is 0 Å². The molecule has 0 aromatic rings. The third-order valence-corrected chi connectivity index (χ3v) is 1.51. The molecule has 0 fully saturated rings. The van der Waals surface area contributed by atoms with Gasteiger partial charge in [-0.2, -0.15) is 0 Å². The van der Waals surface area contributed by atoms with Gasteiger partial charge < -0.3 is 4.74 Å². The van der Waals surface area contributed by atoms with E-state index in [0.717, 1.165) is 5.75 Å². The lowest BCUT2D eigenvalue weighted by Crippen LogP contribution is -1.96. The summed E-state index contributed by atoms with van der Waals surface area (Å²) in [7, 11) is 0. The van der Waals surface area contributed by atoms with E-state index in [1.54, 1.807) is 0 Å². The molecule has 0 saturated carbocycles. The fourth-order valence-corrected chi connectivity index (χ4v) is 0.832. The molecule has 0 radical (unpaired) electrons. The highest BCUT2D eigenvalue weighted by Crippen LogP contribution is 2.09. The van der Waals surface area contributed by atoms with Crippen molar-refractivity contribution >= 4 is 16.9 Å². The molecule has 0 aliphatic heterocycles. The summed E-state index contributed by atoms with van der Waals surface area (Å²) in [5.74, 6) is 0.875. The average molecular weight is 158 g/mol. The van der Waals surface area contributed by atoms with Crippen LogP contribution in [0.5, 0.6) is 0 Å². The molecule has 0 aliphatic carbocycles. The maximum absolute atomic E-state index is 10.8. The molecular formula is C7H10O2S. The van der Waals surface area contributed by atoms with Crippen molar-refractivity contribution in [3.8, 4) is 0 Å². The highest BCUT2D eigenvalue weighted by molar-refractivity contribution is 8.14. The summed E-state index contributed by atoms with van der Waals surface area (Å²) >= 11 is 1.17. The second-order valence-corrected chi connectivity index (χ2v) is 2.66. The topological polar surface area (TPSA) is 26.3 Å². The smallest absolute Gasteiger partial charge is 0.253 e. The molecule has 0 unspecified atom stereocenters. The summed E-state index contributed by atoms with van der Waals surface area (Å²) < 4.78 is 4.66. The maximum atomic E-state index is 10.8. The minimum Gasteiger partial charge on any atom is -0.462 e. The van der Waals surface area contributed by atoms with Crippen LogP contribution < -0.4 is 0 Å². The number of carbonyl (C=O) groups excluding carboxylic acids is 1. The van der Waals surface area contributed by atoms with E-state index in [1.807, 2.05) is 6.92 Å². The number of carbonyl (C=O) groups is 1. The summed E-state index contributed by atoms with van der Waals surface area (Å²) in [5, 5.41) is -0.137. The van der Waals surface area contributed by atoms with Gasteiger partial charge in [0.25, 0.3) is 5.12 Å². The van der Waals surface area contributed by atoms with Crippen LogP contribution in [0.3, 0.4) is 0 Å². The van der Waals surface area contributed by atoms with Gasteiger partial charge in [-0.25, -0.2) is 0 Å². The van der Waals surface area contributed by atoms with Crippen LogP contribution >= 0.6 is 11.8 Å². The summed E-state index contributed by atoms with van der Waals surface area (Å²) in [6.07, 6.45) is 1.19. The van der Waals surface area contributed by atoms with Gasteiger partial charge in [-0.1, -0.05) is 31.8 Å². The van der Waals surface area contributed by atoms with Gasteiger partial charge in [-0.05, 0) is 5.75 Å². The first-order valence-electron chi connectivity index (χ1n) is 2.86. The Morgan fingerprint density at radius 1 is 1.80 bits per heavy atom. The summed E-state index contributed by atoms with van der Waals surface area (Å²) in [6, 6.07) is 0. The standard InChI is InChI=1S/C7H10O2S/c1-4-9-6(3)7(8)10-5-2/h4H,1,3,5H2,2H3. The van der Waals surface area contributed by atoms with E-state index < -0.39 is 0 Å². The SMILES string of the molecule is C=COC(=C)C(=O)SCC. The summed E-state index contributed by atoms with van der Waals surface area (Å²) in [6.45, 7) is 8.59. The lowest BCUT2D eigenvalue weighted by atomic mass is 10.6. The van der Waals surface area contributed by atoms with Crippen molar-refractivity contribution in [3.05, 3.63) is 25.2 Å². The largest absolute Gasteiger partial charge is 0.462 e. The van der Waals surface area contributed by atoms with Gasteiger partial charge in [0.05, 0.1) is 6.26 Å². The summed E-state index contributed by atoms with van der Waals surface area (Å²) in [5.41, 5.74) is 0. The fraction of sp³-hybridized carbons (Fsp3) is 0.286. The van der Waals surface area contributed by atoms with Crippen molar-refractivity contribution in [1.82, 2.24) is 0 Å². The highest BCUT2D eigenvalue weighted by Gasteiger charge is 2.05. The first-order valence-corrected chi connectivity index (χ1v) is 3.84. The molecule has 0 rings (SSSR count). The van der Waals surface area contributed by atoms with E-state index >= 15 is 0 Å². The first kappa shape index (κ1) is 9.30. The predicted octanol–water partition coefficient (Wildman–Crippen LogP) is 1.94. The molecule has 0 bridgehead atoms. The molecule has 0 aromatic heterocycles. The minimum atomic E-state index is -0.137. The number of thioether (sulfide) groups is 1. The third kappa shape index (κ3) is 3.35. The minimum absolute atomic E-state index is 0.137. The number of rotatable bonds is 4. The van der Waals surface area contributed by atoms with Crippen LogP contribution in [0, 0.1) is 0 Å². The van der Waals surface area contributed by atoms with Gasteiger partial charge in [0, 0.05) is 0 Å². The number of hydrogen-bond acceptors (Lipinski definition) is 3. The molecule has 0 amide bonds. The highest BCUT2D eigenvalue weighted by atomic mass is 32.2. The third-order valence-electron chi connectivity index (χ3n) is 0.729. The Kier molecular flexibility index (Phi) is 4.76. The van der Waals surface area contributed by atoms with Crippen molar-refractivity contribution in [1.29, 1.82) is 0 Å². The molecule has 0 N–H and O–H groups in total. The molecule has 10 heavy (non-hydrogen) atoms. The quantitative estimate of drug-likeness (QED) is 0.462. The Hall–Kier alpha value is -0.700. The Balaban J connectivity index is 3.70. The van der Waals surface area contributed by atoms with Gasteiger partial charge in [-0.3, -0.25) is 4.79 Å². The van der Waals surface area contributed by atoms with Crippen LogP contribution in [0.15, 0.2) is 25.2 Å².